The smallest absolute Gasteiger partial charge is 0.100 e. The maximum atomic E-state index is 5.54. The number of ether oxygens (including phenoxy) is 2. The molecule has 2 atom stereocenters. The van der Waals surface area contributed by atoms with Crippen LogP contribution in [0.3, 0.4) is 0 Å². The van der Waals surface area contributed by atoms with Crippen LogP contribution in [0.2, 0.25) is 0 Å². The van der Waals surface area contributed by atoms with E-state index in [0.29, 0.717) is 23.9 Å². The van der Waals surface area contributed by atoms with Crippen LogP contribution in [0.5, 0.6) is 0 Å². The molecule has 2 fully saturated rings. The molecular formula is C16H28N2O2. The molecule has 0 aromatic rings. The standard InChI is InChI=1S/C16H28N2O2/c1-13(2)15-9-19-11-17(15)7-5-6-8-18-12-20-10-16(18)14(3)4/h13-16H,7-12H2,1-4H3/t15-,16-/m1/s1. The summed E-state index contributed by atoms with van der Waals surface area (Å²) in [6.07, 6.45) is 0. The topological polar surface area (TPSA) is 24.9 Å². The monoisotopic (exact) mass is 280 g/mol. The maximum absolute atomic E-state index is 5.54. The van der Waals surface area contributed by atoms with Crippen molar-refractivity contribution in [2.24, 2.45) is 11.8 Å². The van der Waals surface area contributed by atoms with Crippen molar-refractivity contribution in [3.05, 3.63) is 0 Å². The first-order valence-corrected chi connectivity index (χ1v) is 7.69. The van der Waals surface area contributed by atoms with Crippen molar-refractivity contribution in [2.45, 2.75) is 39.8 Å². The lowest BCUT2D eigenvalue weighted by Crippen LogP contribution is -2.36. The van der Waals surface area contributed by atoms with Gasteiger partial charge < -0.3 is 9.47 Å². The summed E-state index contributed by atoms with van der Waals surface area (Å²) >= 11 is 0. The van der Waals surface area contributed by atoms with E-state index in [1.807, 2.05) is 0 Å². The van der Waals surface area contributed by atoms with Crippen LogP contribution in [0.15, 0.2) is 0 Å². The molecule has 4 heteroatoms. The van der Waals surface area contributed by atoms with Crippen LogP contribution in [0.1, 0.15) is 27.7 Å². The van der Waals surface area contributed by atoms with E-state index >= 15 is 0 Å². The highest BCUT2D eigenvalue weighted by Gasteiger charge is 2.28. The molecule has 4 nitrogen and oxygen atoms in total. The molecule has 0 aromatic heterocycles. The Bertz CT molecular complexity index is 327. The highest BCUT2D eigenvalue weighted by atomic mass is 16.5. The van der Waals surface area contributed by atoms with Gasteiger partial charge in [0.05, 0.1) is 26.3 Å². The second kappa shape index (κ2) is 7.42. The van der Waals surface area contributed by atoms with Crippen molar-refractivity contribution in [3.63, 3.8) is 0 Å². The molecule has 2 rings (SSSR count). The van der Waals surface area contributed by atoms with Crippen molar-refractivity contribution >= 4 is 0 Å². The van der Waals surface area contributed by atoms with Crippen molar-refractivity contribution in [3.8, 4) is 11.8 Å². The summed E-state index contributed by atoms with van der Waals surface area (Å²) in [4.78, 5) is 4.66. The molecule has 2 aliphatic heterocycles. The summed E-state index contributed by atoms with van der Waals surface area (Å²) < 4.78 is 11.1. The highest BCUT2D eigenvalue weighted by Crippen LogP contribution is 2.17. The minimum absolute atomic E-state index is 0.517. The van der Waals surface area contributed by atoms with E-state index in [4.69, 9.17) is 9.47 Å². The second-order valence-corrected chi connectivity index (χ2v) is 6.47. The fourth-order valence-corrected chi connectivity index (χ4v) is 2.85. The van der Waals surface area contributed by atoms with Crippen LogP contribution in [-0.2, 0) is 9.47 Å². The summed E-state index contributed by atoms with van der Waals surface area (Å²) in [5.74, 6) is 7.84. The normalized spacial score (nSPS) is 28.3. The Balaban J connectivity index is 1.77. The van der Waals surface area contributed by atoms with E-state index < -0.39 is 0 Å². The molecule has 0 spiro atoms. The molecule has 2 saturated heterocycles. The molecule has 0 N–H and O–H groups in total. The zero-order valence-corrected chi connectivity index (χ0v) is 13.3. The predicted octanol–water partition coefficient (Wildman–Crippen LogP) is 1.62. The van der Waals surface area contributed by atoms with Gasteiger partial charge in [-0.15, -0.1) is 0 Å². The Hall–Kier alpha value is -0.600. The average Bonchev–Trinajstić information content (AvgIpc) is 3.03. The van der Waals surface area contributed by atoms with Gasteiger partial charge in [0.25, 0.3) is 0 Å². The molecule has 2 aliphatic rings. The molecule has 2 heterocycles. The van der Waals surface area contributed by atoms with Gasteiger partial charge in [0.2, 0.25) is 0 Å². The van der Waals surface area contributed by atoms with E-state index in [0.717, 1.165) is 39.8 Å². The van der Waals surface area contributed by atoms with Crippen molar-refractivity contribution in [1.29, 1.82) is 0 Å². The van der Waals surface area contributed by atoms with Crippen LogP contribution in [0.4, 0.5) is 0 Å². The molecule has 0 amide bonds. The lowest BCUT2D eigenvalue weighted by molar-refractivity contribution is 0.144. The zero-order chi connectivity index (χ0) is 14.5. The van der Waals surface area contributed by atoms with Crippen LogP contribution in [0, 0.1) is 23.7 Å². The SMILES string of the molecule is CC(C)[C@H]1COCN1CC#CCN1COC[C@@H]1C(C)C. The van der Waals surface area contributed by atoms with E-state index in [-0.39, 0.29) is 0 Å². The summed E-state index contributed by atoms with van der Waals surface area (Å²) in [5.41, 5.74) is 0. The van der Waals surface area contributed by atoms with Crippen molar-refractivity contribution in [2.75, 3.05) is 39.8 Å². The van der Waals surface area contributed by atoms with Gasteiger partial charge in [-0.2, -0.15) is 0 Å². The molecule has 0 aromatic carbocycles. The lowest BCUT2D eigenvalue weighted by Gasteiger charge is -2.23. The Morgan fingerprint density at radius 3 is 1.60 bits per heavy atom. The van der Waals surface area contributed by atoms with Gasteiger partial charge in [0.1, 0.15) is 13.5 Å². The largest absolute Gasteiger partial charge is 0.364 e. The molecule has 0 aliphatic carbocycles. The average molecular weight is 280 g/mol. The molecule has 0 unspecified atom stereocenters. The van der Waals surface area contributed by atoms with E-state index in [1.54, 1.807) is 0 Å². The third kappa shape index (κ3) is 3.95. The summed E-state index contributed by atoms with van der Waals surface area (Å²) in [6, 6.07) is 1.03. The van der Waals surface area contributed by atoms with Gasteiger partial charge >= 0.3 is 0 Å². The third-order valence-electron chi connectivity index (χ3n) is 4.26. The summed E-state index contributed by atoms with van der Waals surface area (Å²) in [5, 5.41) is 0. The fourth-order valence-electron chi connectivity index (χ4n) is 2.85. The lowest BCUT2D eigenvalue weighted by atomic mass is 10.0. The van der Waals surface area contributed by atoms with Gasteiger partial charge in [-0.1, -0.05) is 39.5 Å². The number of hydrogen-bond donors (Lipinski definition) is 0. The van der Waals surface area contributed by atoms with Gasteiger partial charge in [-0.05, 0) is 11.8 Å². The highest BCUT2D eigenvalue weighted by molar-refractivity contribution is 5.05. The number of nitrogens with zero attached hydrogens (tertiary/aromatic N) is 2. The quantitative estimate of drug-likeness (QED) is 0.731. The summed E-state index contributed by atoms with van der Waals surface area (Å²) in [7, 11) is 0. The first-order valence-electron chi connectivity index (χ1n) is 7.69. The van der Waals surface area contributed by atoms with E-state index in [1.165, 1.54) is 0 Å². The first kappa shape index (κ1) is 15.8. The Kier molecular flexibility index (Phi) is 5.86. The number of hydrogen-bond acceptors (Lipinski definition) is 4. The van der Waals surface area contributed by atoms with Gasteiger partial charge in [0.15, 0.2) is 0 Å². The molecule has 0 saturated carbocycles. The third-order valence-corrected chi connectivity index (χ3v) is 4.26. The zero-order valence-electron chi connectivity index (χ0n) is 13.3. The molecule has 0 bridgehead atoms. The molecule has 20 heavy (non-hydrogen) atoms. The maximum Gasteiger partial charge on any atom is 0.100 e. The number of rotatable bonds is 4. The molecule has 0 radical (unpaired) electrons. The van der Waals surface area contributed by atoms with Gasteiger partial charge in [-0.3, -0.25) is 9.80 Å². The Morgan fingerprint density at radius 1 is 0.850 bits per heavy atom. The van der Waals surface area contributed by atoms with E-state index in [2.05, 4.69) is 49.3 Å². The van der Waals surface area contributed by atoms with Crippen molar-refractivity contribution in [1.82, 2.24) is 9.80 Å². The molecule has 114 valence electrons. The first-order chi connectivity index (χ1) is 9.59. The Labute approximate surface area is 123 Å². The van der Waals surface area contributed by atoms with Crippen LogP contribution >= 0.6 is 0 Å². The summed E-state index contributed by atoms with van der Waals surface area (Å²) in [6.45, 7) is 13.7. The Morgan fingerprint density at radius 2 is 1.25 bits per heavy atom. The second-order valence-electron chi connectivity index (χ2n) is 6.47. The fraction of sp³-hybridized carbons (Fsp3) is 0.875. The predicted molar refractivity (Wildman–Crippen MR) is 80.1 cm³/mol. The van der Waals surface area contributed by atoms with Gasteiger partial charge in [-0.25, -0.2) is 0 Å². The van der Waals surface area contributed by atoms with Crippen LogP contribution in [-0.4, -0.2) is 61.6 Å². The van der Waals surface area contributed by atoms with E-state index in [9.17, 15) is 0 Å². The van der Waals surface area contributed by atoms with Gasteiger partial charge in [0, 0.05) is 12.1 Å². The molecular weight excluding hydrogens is 252 g/mol. The minimum Gasteiger partial charge on any atom is -0.364 e. The van der Waals surface area contributed by atoms with Crippen LogP contribution < -0.4 is 0 Å². The minimum atomic E-state index is 0.517. The van der Waals surface area contributed by atoms with Crippen molar-refractivity contribution < 1.29 is 9.47 Å². The van der Waals surface area contributed by atoms with Crippen LogP contribution in [0.25, 0.3) is 0 Å².